The molecular formula is C49H33N7. The molecule has 0 amide bonds. The molecule has 3 heterocycles. The van der Waals surface area contributed by atoms with Crippen LogP contribution in [0.2, 0.25) is 0 Å². The molecule has 0 saturated carbocycles. The van der Waals surface area contributed by atoms with Crippen LogP contribution in [-0.4, -0.2) is 34.5 Å². The molecule has 0 atom stereocenters. The third-order valence-electron chi connectivity index (χ3n) is 9.97. The minimum atomic E-state index is 0.601. The molecule has 0 fully saturated rings. The highest BCUT2D eigenvalue weighted by Crippen LogP contribution is 2.37. The number of rotatable bonds is 7. The van der Waals surface area contributed by atoms with E-state index in [4.69, 9.17) is 29.9 Å². The lowest BCUT2D eigenvalue weighted by atomic mass is 10.1. The van der Waals surface area contributed by atoms with Crippen LogP contribution in [0, 0.1) is 6.92 Å². The second-order valence-electron chi connectivity index (χ2n) is 13.7. The number of nitrogens with zero attached hydrogens (tertiary/aromatic N) is 7. The van der Waals surface area contributed by atoms with Crippen molar-refractivity contribution in [2.24, 2.45) is 0 Å². The maximum Gasteiger partial charge on any atom is 0.164 e. The molecule has 0 bridgehead atoms. The van der Waals surface area contributed by atoms with Crippen molar-refractivity contribution in [3.63, 3.8) is 0 Å². The van der Waals surface area contributed by atoms with Gasteiger partial charge >= 0.3 is 0 Å². The monoisotopic (exact) mass is 719 g/mol. The smallest absolute Gasteiger partial charge is 0.164 e. The first-order valence-corrected chi connectivity index (χ1v) is 18.5. The standard InChI is InChI=1S/C49H33N7/c1-32-22-26-39(27-23-32)56-42-28-24-37(48-52-44(33-14-6-2-7-15-33)50-45(53-48)34-16-8-3-9-17-34)30-40(42)41-31-38(25-29-43(41)56)49-54-46(35-18-10-4-11-19-35)51-47(55-49)36-20-12-5-13-21-36/h2-31H,1H3. The van der Waals surface area contributed by atoms with E-state index < -0.39 is 0 Å². The van der Waals surface area contributed by atoms with E-state index in [1.54, 1.807) is 0 Å². The Bertz CT molecular complexity index is 2700. The summed E-state index contributed by atoms with van der Waals surface area (Å²) in [6.45, 7) is 2.11. The molecule has 0 aliphatic rings. The number of aromatic nitrogens is 7. The van der Waals surface area contributed by atoms with Crippen molar-refractivity contribution in [2.45, 2.75) is 6.92 Å². The Kier molecular flexibility index (Phi) is 8.22. The molecule has 0 saturated heterocycles. The van der Waals surface area contributed by atoms with Gasteiger partial charge in [-0.3, -0.25) is 0 Å². The Labute approximate surface area is 323 Å². The summed E-state index contributed by atoms with van der Waals surface area (Å²) in [5, 5.41) is 2.12. The van der Waals surface area contributed by atoms with E-state index in [1.165, 1.54) is 5.56 Å². The average molecular weight is 720 g/mol. The fraction of sp³-hybridized carbons (Fsp3) is 0.0204. The van der Waals surface area contributed by atoms with Gasteiger partial charge in [-0.2, -0.15) is 0 Å². The topological polar surface area (TPSA) is 82.3 Å². The second kappa shape index (κ2) is 14.0. The summed E-state index contributed by atoms with van der Waals surface area (Å²) < 4.78 is 2.31. The number of fused-ring (bicyclic) bond motifs is 3. The number of hydrogen-bond acceptors (Lipinski definition) is 6. The van der Waals surface area contributed by atoms with Gasteiger partial charge < -0.3 is 4.57 Å². The number of aryl methyl sites for hydroxylation is 1. The van der Waals surface area contributed by atoms with Crippen LogP contribution in [0.25, 0.3) is 95.8 Å². The van der Waals surface area contributed by atoms with Gasteiger partial charge in [-0.05, 0) is 55.5 Å². The zero-order valence-electron chi connectivity index (χ0n) is 30.5. The van der Waals surface area contributed by atoms with Crippen molar-refractivity contribution >= 4 is 21.8 Å². The van der Waals surface area contributed by atoms with Crippen LogP contribution in [0.1, 0.15) is 5.56 Å². The van der Waals surface area contributed by atoms with Gasteiger partial charge in [-0.1, -0.05) is 139 Å². The zero-order chi connectivity index (χ0) is 37.4. The molecule has 7 heteroatoms. The number of benzene rings is 7. The van der Waals surface area contributed by atoms with Gasteiger partial charge in [0, 0.05) is 49.8 Å². The van der Waals surface area contributed by atoms with Crippen LogP contribution in [0.15, 0.2) is 182 Å². The molecule has 0 aliphatic heterocycles. The highest BCUT2D eigenvalue weighted by atomic mass is 15.0. The molecule has 56 heavy (non-hydrogen) atoms. The van der Waals surface area contributed by atoms with Crippen molar-refractivity contribution in [1.29, 1.82) is 0 Å². The summed E-state index contributed by atoms with van der Waals surface area (Å²) in [6.07, 6.45) is 0. The van der Waals surface area contributed by atoms with Crippen LogP contribution in [0.5, 0.6) is 0 Å². The second-order valence-corrected chi connectivity index (χ2v) is 13.7. The predicted octanol–water partition coefficient (Wildman–Crippen LogP) is 11.5. The molecule has 0 spiro atoms. The van der Waals surface area contributed by atoms with E-state index in [1.807, 2.05) is 121 Å². The summed E-state index contributed by atoms with van der Waals surface area (Å²) in [5.41, 5.74) is 9.90. The molecule has 3 aromatic heterocycles. The average Bonchev–Trinajstić information content (AvgIpc) is 3.60. The Morgan fingerprint density at radius 2 is 0.607 bits per heavy atom. The van der Waals surface area contributed by atoms with E-state index in [-0.39, 0.29) is 0 Å². The Morgan fingerprint density at radius 3 is 0.929 bits per heavy atom. The van der Waals surface area contributed by atoms with E-state index >= 15 is 0 Å². The van der Waals surface area contributed by atoms with Crippen LogP contribution < -0.4 is 0 Å². The molecular weight excluding hydrogens is 687 g/mol. The van der Waals surface area contributed by atoms with Gasteiger partial charge in [0.15, 0.2) is 34.9 Å². The van der Waals surface area contributed by atoms with E-state index in [0.717, 1.165) is 60.9 Å². The highest BCUT2D eigenvalue weighted by molar-refractivity contribution is 6.11. The van der Waals surface area contributed by atoms with Crippen LogP contribution >= 0.6 is 0 Å². The zero-order valence-corrected chi connectivity index (χ0v) is 30.5. The van der Waals surface area contributed by atoms with Crippen molar-refractivity contribution in [3.05, 3.63) is 188 Å². The molecule has 0 unspecified atom stereocenters. The fourth-order valence-corrected chi connectivity index (χ4v) is 7.15. The molecule has 7 aromatic carbocycles. The Balaban J connectivity index is 1.20. The van der Waals surface area contributed by atoms with E-state index in [0.29, 0.717) is 34.9 Å². The number of hydrogen-bond donors (Lipinski definition) is 0. The first-order chi connectivity index (χ1) is 27.6. The molecule has 0 aliphatic carbocycles. The maximum atomic E-state index is 5.05. The quantitative estimate of drug-likeness (QED) is 0.163. The van der Waals surface area contributed by atoms with Crippen LogP contribution in [0.4, 0.5) is 0 Å². The molecule has 264 valence electrons. The van der Waals surface area contributed by atoms with Gasteiger partial charge in [0.05, 0.1) is 11.0 Å². The lowest BCUT2D eigenvalue weighted by molar-refractivity contribution is 1.07. The third kappa shape index (κ3) is 6.17. The van der Waals surface area contributed by atoms with Gasteiger partial charge in [-0.15, -0.1) is 0 Å². The fourth-order valence-electron chi connectivity index (χ4n) is 7.15. The molecule has 0 radical (unpaired) electrons. The SMILES string of the molecule is Cc1ccc(-n2c3ccc(-c4nc(-c5ccccc5)nc(-c5ccccc5)n4)cc3c3cc(-c4nc(-c5ccccc5)nc(-c5ccccc5)n4)ccc32)cc1. The Morgan fingerprint density at radius 1 is 0.304 bits per heavy atom. The lowest BCUT2D eigenvalue weighted by Gasteiger charge is -2.10. The van der Waals surface area contributed by atoms with Gasteiger partial charge in [-0.25, -0.2) is 29.9 Å². The lowest BCUT2D eigenvalue weighted by Crippen LogP contribution is -2.00. The van der Waals surface area contributed by atoms with Gasteiger partial charge in [0.2, 0.25) is 0 Å². The van der Waals surface area contributed by atoms with E-state index in [9.17, 15) is 0 Å². The largest absolute Gasteiger partial charge is 0.309 e. The van der Waals surface area contributed by atoms with E-state index in [2.05, 4.69) is 72.2 Å². The van der Waals surface area contributed by atoms with Crippen molar-refractivity contribution < 1.29 is 0 Å². The first-order valence-electron chi connectivity index (χ1n) is 18.5. The van der Waals surface area contributed by atoms with Gasteiger partial charge in [0.1, 0.15) is 0 Å². The van der Waals surface area contributed by atoms with Crippen LogP contribution in [0.3, 0.4) is 0 Å². The first kappa shape index (κ1) is 33.0. The van der Waals surface area contributed by atoms with Crippen molar-refractivity contribution in [1.82, 2.24) is 34.5 Å². The third-order valence-corrected chi connectivity index (χ3v) is 9.97. The van der Waals surface area contributed by atoms with Crippen molar-refractivity contribution in [3.8, 4) is 74.0 Å². The molecule has 7 nitrogen and oxygen atoms in total. The summed E-state index contributed by atoms with van der Waals surface area (Å²) in [7, 11) is 0. The van der Waals surface area contributed by atoms with Gasteiger partial charge in [0.25, 0.3) is 0 Å². The highest BCUT2D eigenvalue weighted by Gasteiger charge is 2.19. The predicted molar refractivity (Wildman–Crippen MR) is 225 cm³/mol. The van der Waals surface area contributed by atoms with Crippen molar-refractivity contribution in [2.75, 3.05) is 0 Å². The molecule has 10 rings (SSSR count). The minimum absolute atomic E-state index is 0.601. The summed E-state index contributed by atoms with van der Waals surface area (Å²) in [5.74, 6) is 3.69. The maximum absolute atomic E-state index is 5.05. The summed E-state index contributed by atoms with van der Waals surface area (Å²) in [6, 6.07) is 61.8. The molecule has 0 N–H and O–H groups in total. The normalized spacial score (nSPS) is 11.3. The summed E-state index contributed by atoms with van der Waals surface area (Å²) >= 11 is 0. The summed E-state index contributed by atoms with van der Waals surface area (Å²) in [4.78, 5) is 30.0. The van der Waals surface area contributed by atoms with Crippen LogP contribution in [-0.2, 0) is 0 Å². The Hall–Kier alpha value is -7.64. The minimum Gasteiger partial charge on any atom is -0.309 e. The molecule has 10 aromatic rings.